The van der Waals surface area contributed by atoms with Crippen LogP contribution < -0.4 is 0 Å². The highest BCUT2D eigenvalue weighted by Gasteiger charge is 2.06. The number of amides is 1. The van der Waals surface area contributed by atoms with E-state index in [1.807, 2.05) is 4.90 Å². The van der Waals surface area contributed by atoms with E-state index in [2.05, 4.69) is 13.8 Å². The van der Waals surface area contributed by atoms with Crippen molar-refractivity contribution in [1.82, 2.24) is 4.90 Å². The van der Waals surface area contributed by atoms with E-state index in [0.29, 0.717) is 0 Å². The van der Waals surface area contributed by atoms with Crippen LogP contribution in [0.1, 0.15) is 72.1 Å². The predicted octanol–water partition coefficient (Wildman–Crippen LogP) is 4.00. The fourth-order valence-electron chi connectivity index (χ4n) is 1.89. The van der Waals surface area contributed by atoms with Crippen molar-refractivity contribution in [2.24, 2.45) is 0 Å². The molecule has 0 spiro atoms. The topological polar surface area (TPSA) is 20.3 Å². The third-order valence-corrected chi connectivity index (χ3v) is 3.01. The number of hydrogen-bond donors (Lipinski definition) is 0. The SMILES string of the molecule is CCCCCCN(CCCCCC)C(C)=O. The molecular formula is C14H29NO. The molecule has 0 aliphatic heterocycles. The molecule has 0 aromatic heterocycles. The number of carbonyl (C=O) groups excluding carboxylic acids is 1. The first-order chi connectivity index (χ1) is 7.72. The van der Waals surface area contributed by atoms with Crippen molar-refractivity contribution in [3.8, 4) is 0 Å². The normalized spacial score (nSPS) is 10.4. The molecule has 1 amide bonds. The van der Waals surface area contributed by atoms with Gasteiger partial charge < -0.3 is 4.90 Å². The summed E-state index contributed by atoms with van der Waals surface area (Å²) >= 11 is 0. The fraction of sp³-hybridized carbons (Fsp3) is 0.929. The predicted molar refractivity (Wildman–Crippen MR) is 70.5 cm³/mol. The number of nitrogens with zero attached hydrogens (tertiary/aromatic N) is 1. The van der Waals surface area contributed by atoms with E-state index in [1.54, 1.807) is 6.92 Å². The van der Waals surface area contributed by atoms with Gasteiger partial charge in [-0.05, 0) is 12.8 Å². The van der Waals surface area contributed by atoms with Gasteiger partial charge in [0.05, 0.1) is 0 Å². The molecule has 0 radical (unpaired) electrons. The van der Waals surface area contributed by atoms with Crippen molar-refractivity contribution < 1.29 is 4.79 Å². The largest absolute Gasteiger partial charge is 0.343 e. The van der Waals surface area contributed by atoms with Crippen LogP contribution in [-0.2, 0) is 4.79 Å². The highest BCUT2D eigenvalue weighted by Crippen LogP contribution is 2.05. The standard InChI is InChI=1S/C14H29NO/c1-4-6-8-10-12-15(14(3)16)13-11-9-7-5-2/h4-13H2,1-3H3. The zero-order valence-electron chi connectivity index (χ0n) is 11.4. The molecule has 0 aromatic carbocycles. The highest BCUT2D eigenvalue weighted by atomic mass is 16.2. The lowest BCUT2D eigenvalue weighted by Crippen LogP contribution is -2.30. The Bertz CT molecular complexity index is 156. The van der Waals surface area contributed by atoms with Crippen LogP contribution in [0.3, 0.4) is 0 Å². The van der Waals surface area contributed by atoms with Gasteiger partial charge in [-0.15, -0.1) is 0 Å². The Morgan fingerprint density at radius 1 is 0.812 bits per heavy atom. The van der Waals surface area contributed by atoms with Crippen LogP contribution in [0.5, 0.6) is 0 Å². The van der Waals surface area contributed by atoms with Crippen LogP contribution >= 0.6 is 0 Å². The first-order valence-corrected chi connectivity index (χ1v) is 6.97. The minimum absolute atomic E-state index is 0.244. The Morgan fingerprint density at radius 3 is 1.56 bits per heavy atom. The summed E-state index contributed by atoms with van der Waals surface area (Å²) < 4.78 is 0. The molecule has 0 fully saturated rings. The highest BCUT2D eigenvalue weighted by molar-refractivity contribution is 5.73. The van der Waals surface area contributed by atoms with Crippen molar-refractivity contribution in [1.29, 1.82) is 0 Å². The average Bonchev–Trinajstić information content (AvgIpc) is 2.26. The van der Waals surface area contributed by atoms with E-state index >= 15 is 0 Å². The van der Waals surface area contributed by atoms with E-state index in [0.717, 1.165) is 13.1 Å². The van der Waals surface area contributed by atoms with Crippen molar-refractivity contribution >= 4 is 5.91 Å². The van der Waals surface area contributed by atoms with Crippen molar-refractivity contribution in [3.63, 3.8) is 0 Å². The zero-order chi connectivity index (χ0) is 12.2. The third-order valence-electron chi connectivity index (χ3n) is 3.01. The van der Waals surface area contributed by atoms with Gasteiger partial charge in [-0.1, -0.05) is 52.4 Å². The summed E-state index contributed by atoms with van der Waals surface area (Å²) in [6, 6.07) is 0. The maximum atomic E-state index is 11.4. The number of hydrogen-bond acceptors (Lipinski definition) is 1. The maximum Gasteiger partial charge on any atom is 0.219 e. The lowest BCUT2D eigenvalue weighted by molar-refractivity contribution is -0.129. The second kappa shape index (κ2) is 11.0. The van der Waals surface area contributed by atoms with Crippen LogP contribution in [0.25, 0.3) is 0 Å². The minimum atomic E-state index is 0.244. The Morgan fingerprint density at radius 2 is 1.25 bits per heavy atom. The lowest BCUT2D eigenvalue weighted by Gasteiger charge is -2.20. The average molecular weight is 227 g/mol. The summed E-state index contributed by atoms with van der Waals surface area (Å²) in [5, 5.41) is 0. The van der Waals surface area contributed by atoms with Gasteiger partial charge in [0, 0.05) is 20.0 Å². The smallest absolute Gasteiger partial charge is 0.219 e. The number of rotatable bonds is 10. The molecule has 0 bridgehead atoms. The number of carbonyl (C=O) groups is 1. The van der Waals surface area contributed by atoms with Gasteiger partial charge in [-0.25, -0.2) is 0 Å². The molecule has 0 aromatic rings. The van der Waals surface area contributed by atoms with Crippen LogP contribution in [0.2, 0.25) is 0 Å². The first-order valence-electron chi connectivity index (χ1n) is 6.97. The molecule has 0 aliphatic carbocycles. The number of unbranched alkanes of at least 4 members (excludes halogenated alkanes) is 6. The molecule has 0 rings (SSSR count). The Kier molecular flexibility index (Phi) is 10.6. The van der Waals surface area contributed by atoms with E-state index < -0.39 is 0 Å². The summed E-state index contributed by atoms with van der Waals surface area (Å²) in [4.78, 5) is 13.4. The Labute approximate surface area is 101 Å². The lowest BCUT2D eigenvalue weighted by atomic mass is 10.1. The van der Waals surface area contributed by atoms with E-state index in [9.17, 15) is 4.79 Å². The minimum Gasteiger partial charge on any atom is -0.343 e. The van der Waals surface area contributed by atoms with Gasteiger partial charge in [-0.3, -0.25) is 4.79 Å². The summed E-state index contributed by atoms with van der Waals surface area (Å²) in [7, 11) is 0. The molecule has 16 heavy (non-hydrogen) atoms. The molecular weight excluding hydrogens is 198 g/mol. The van der Waals surface area contributed by atoms with Crippen LogP contribution in [0.15, 0.2) is 0 Å². The molecule has 0 saturated carbocycles. The molecule has 0 N–H and O–H groups in total. The van der Waals surface area contributed by atoms with Gasteiger partial charge in [0.25, 0.3) is 0 Å². The van der Waals surface area contributed by atoms with Gasteiger partial charge >= 0.3 is 0 Å². The molecule has 0 atom stereocenters. The van der Waals surface area contributed by atoms with Crippen LogP contribution in [0.4, 0.5) is 0 Å². The van der Waals surface area contributed by atoms with Gasteiger partial charge in [0.2, 0.25) is 5.91 Å². The van der Waals surface area contributed by atoms with Gasteiger partial charge in [0.1, 0.15) is 0 Å². The second-order valence-electron chi connectivity index (χ2n) is 4.63. The quantitative estimate of drug-likeness (QED) is 0.517. The summed E-state index contributed by atoms with van der Waals surface area (Å²) in [5.41, 5.74) is 0. The molecule has 2 heteroatoms. The summed E-state index contributed by atoms with van der Waals surface area (Å²) in [6.07, 6.45) is 9.96. The first kappa shape index (κ1) is 15.5. The monoisotopic (exact) mass is 227 g/mol. The van der Waals surface area contributed by atoms with Crippen molar-refractivity contribution in [2.45, 2.75) is 72.1 Å². The summed E-state index contributed by atoms with van der Waals surface area (Å²) in [6.45, 7) is 8.05. The molecule has 0 heterocycles. The fourth-order valence-corrected chi connectivity index (χ4v) is 1.89. The molecule has 2 nitrogen and oxygen atoms in total. The van der Waals surface area contributed by atoms with E-state index in [1.165, 1.54) is 51.4 Å². The summed E-state index contributed by atoms with van der Waals surface area (Å²) in [5.74, 6) is 0.244. The Hall–Kier alpha value is -0.530. The van der Waals surface area contributed by atoms with Crippen LogP contribution in [-0.4, -0.2) is 23.9 Å². The van der Waals surface area contributed by atoms with Crippen molar-refractivity contribution in [2.75, 3.05) is 13.1 Å². The third kappa shape index (κ3) is 8.75. The molecule has 0 unspecified atom stereocenters. The molecule has 0 aliphatic rings. The zero-order valence-corrected chi connectivity index (χ0v) is 11.4. The van der Waals surface area contributed by atoms with Crippen molar-refractivity contribution in [3.05, 3.63) is 0 Å². The molecule has 0 saturated heterocycles. The van der Waals surface area contributed by atoms with E-state index in [-0.39, 0.29) is 5.91 Å². The van der Waals surface area contributed by atoms with E-state index in [4.69, 9.17) is 0 Å². The van der Waals surface area contributed by atoms with Crippen LogP contribution in [0, 0.1) is 0 Å². The van der Waals surface area contributed by atoms with Gasteiger partial charge in [-0.2, -0.15) is 0 Å². The maximum absolute atomic E-state index is 11.4. The Balaban J connectivity index is 3.59. The molecule has 96 valence electrons. The second-order valence-corrected chi connectivity index (χ2v) is 4.63. The van der Waals surface area contributed by atoms with Gasteiger partial charge in [0.15, 0.2) is 0 Å².